The number of rotatable bonds is 5. The Labute approximate surface area is 112 Å². The highest BCUT2D eigenvalue weighted by Crippen LogP contribution is 2.33. The highest BCUT2D eigenvalue weighted by molar-refractivity contribution is 6.35. The van der Waals surface area contributed by atoms with Crippen LogP contribution in [-0.4, -0.2) is 6.61 Å². The second-order valence-electron chi connectivity index (χ2n) is 4.04. The second-order valence-corrected chi connectivity index (χ2v) is 5.15. The average molecular weight is 282 g/mol. The molecule has 0 atom stereocenters. The van der Waals surface area contributed by atoms with Crippen LogP contribution in [0.25, 0.3) is 0 Å². The molecule has 0 fully saturated rings. The normalized spacial score (nSPS) is 10.9. The van der Waals surface area contributed by atoms with Crippen molar-refractivity contribution in [3.05, 3.63) is 27.7 Å². The van der Waals surface area contributed by atoms with Crippen LogP contribution in [0.4, 0.5) is 0 Å². The summed E-state index contributed by atoms with van der Waals surface area (Å²) in [6.07, 6.45) is 0.987. The van der Waals surface area contributed by atoms with Crippen LogP contribution < -0.4 is 4.74 Å². The molecule has 0 saturated heterocycles. The van der Waals surface area contributed by atoms with Crippen LogP contribution in [-0.2, 0) is 5.88 Å². The molecular weight excluding hydrogens is 266 g/mol. The summed E-state index contributed by atoms with van der Waals surface area (Å²) in [5.41, 5.74) is 0.836. The fourth-order valence-corrected chi connectivity index (χ4v) is 2.06. The zero-order valence-corrected chi connectivity index (χ0v) is 11.7. The van der Waals surface area contributed by atoms with Gasteiger partial charge >= 0.3 is 0 Å². The first-order valence-corrected chi connectivity index (χ1v) is 6.50. The van der Waals surface area contributed by atoms with Gasteiger partial charge in [0.05, 0.1) is 17.5 Å². The summed E-state index contributed by atoms with van der Waals surface area (Å²) in [7, 11) is 0. The van der Waals surface area contributed by atoms with E-state index in [0.29, 0.717) is 34.2 Å². The van der Waals surface area contributed by atoms with Crippen molar-refractivity contribution in [1.29, 1.82) is 0 Å². The molecular formula is C12H15Cl3O. The predicted octanol–water partition coefficient (Wildman–Crippen LogP) is 5.16. The van der Waals surface area contributed by atoms with Gasteiger partial charge in [0.2, 0.25) is 0 Å². The van der Waals surface area contributed by atoms with Gasteiger partial charge in [-0.2, -0.15) is 0 Å². The van der Waals surface area contributed by atoms with E-state index in [1.165, 1.54) is 0 Å². The van der Waals surface area contributed by atoms with Gasteiger partial charge in [0.25, 0.3) is 0 Å². The van der Waals surface area contributed by atoms with E-state index in [4.69, 9.17) is 39.5 Å². The summed E-state index contributed by atoms with van der Waals surface area (Å²) in [4.78, 5) is 0. The quantitative estimate of drug-likeness (QED) is 0.678. The van der Waals surface area contributed by atoms with E-state index in [9.17, 15) is 0 Å². The first-order chi connectivity index (χ1) is 7.54. The van der Waals surface area contributed by atoms with Gasteiger partial charge in [-0.15, -0.1) is 11.6 Å². The molecule has 0 aliphatic rings. The lowest BCUT2D eigenvalue weighted by Gasteiger charge is -2.13. The van der Waals surface area contributed by atoms with Crippen LogP contribution in [0.3, 0.4) is 0 Å². The van der Waals surface area contributed by atoms with Crippen molar-refractivity contribution in [2.75, 3.05) is 6.61 Å². The summed E-state index contributed by atoms with van der Waals surface area (Å²) in [5, 5.41) is 1.10. The summed E-state index contributed by atoms with van der Waals surface area (Å²) < 4.78 is 5.65. The Bertz CT molecular complexity index is 350. The van der Waals surface area contributed by atoms with Crippen LogP contribution in [0.1, 0.15) is 25.8 Å². The fourth-order valence-electron chi connectivity index (χ4n) is 1.27. The zero-order chi connectivity index (χ0) is 12.1. The molecule has 0 aliphatic carbocycles. The van der Waals surface area contributed by atoms with E-state index in [-0.39, 0.29) is 0 Å². The van der Waals surface area contributed by atoms with Gasteiger partial charge in [-0.05, 0) is 24.5 Å². The third-order valence-electron chi connectivity index (χ3n) is 2.17. The van der Waals surface area contributed by atoms with E-state index < -0.39 is 0 Å². The average Bonchev–Trinajstić information content (AvgIpc) is 2.20. The third-order valence-corrected chi connectivity index (χ3v) is 2.96. The van der Waals surface area contributed by atoms with Crippen molar-refractivity contribution >= 4 is 34.8 Å². The minimum absolute atomic E-state index is 0.345. The van der Waals surface area contributed by atoms with E-state index in [2.05, 4.69) is 13.8 Å². The van der Waals surface area contributed by atoms with Crippen LogP contribution in [0.15, 0.2) is 12.1 Å². The lowest BCUT2D eigenvalue weighted by Crippen LogP contribution is -2.03. The molecule has 0 amide bonds. The number of alkyl halides is 1. The SMILES string of the molecule is CC(C)CCOc1c(Cl)cc(Cl)cc1CCl. The fraction of sp³-hybridized carbons (Fsp3) is 0.500. The molecule has 1 aromatic rings. The van der Waals surface area contributed by atoms with Crippen LogP contribution in [0.5, 0.6) is 5.75 Å². The Morgan fingerprint density at radius 1 is 1.25 bits per heavy atom. The molecule has 1 rings (SSSR count). The maximum absolute atomic E-state index is 6.06. The van der Waals surface area contributed by atoms with Gasteiger partial charge in [0.1, 0.15) is 5.75 Å². The van der Waals surface area contributed by atoms with Gasteiger partial charge < -0.3 is 4.74 Å². The molecule has 16 heavy (non-hydrogen) atoms. The molecule has 1 aromatic carbocycles. The lowest BCUT2D eigenvalue weighted by molar-refractivity contribution is 0.288. The minimum atomic E-state index is 0.345. The van der Waals surface area contributed by atoms with Crippen molar-refractivity contribution in [3.63, 3.8) is 0 Å². The third kappa shape index (κ3) is 4.04. The van der Waals surface area contributed by atoms with Crippen molar-refractivity contribution in [3.8, 4) is 5.75 Å². The molecule has 0 N–H and O–H groups in total. The molecule has 0 aliphatic heterocycles. The molecule has 1 nitrogen and oxygen atoms in total. The van der Waals surface area contributed by atoms with Crippen molar-refractivity contribution in [1.82, 2.24) is 0 Å². The second kappa shape index (κ2) is 6.58. The van der Waals surface area contributed by atoms with Crippen molar-refractivity contribution in [2.45, 2.75) is 26.1 Å². The number of hydrogen-bond acceptors (Lipinski definition) is 1. The number of ether oxygens (including phenoxy) is 1. The number of hydrogen-bond donors (Lipinski definition) is 0. The number of benzene rings is 1. The first kappa shape index (κ1) is 14.0. The summed E-state index contributed by atoms with van der Waals surface area (Å²) in [6, 6.07) is 3.45. The highest BCUT2D eigenvalue weighted by atomic mass is 35.5. The Kier molecular flexibility index (Phi) is 5.74. The summed E-state index contributed by atoms with van der Waals surface area (Å²) in [5.74, 6) is 1.60. The largest absolute Gasteiger partial charge is 0.492 e. The Morgan fingerprint density at radius 2 is 1.94 bits per heavy atom. The maximum Gasteiger partial charge on any atom is 0.142 e. The van der Waals surface area contributed by atoms with Crippen molar-refractivity contribution in [2.24, 2.45) is 5.92 Å². The van der Waals surface area contributed by atoms with E-state index in [1.807, 2.05) is 0 Å². The molecule has 0 radical (unpaired) electrons. The van der Waals surface area contributed by atoms with Gasteiger partial charge in [0, 0.05) is 10.6 Å². The maximum atomic E-state index is 6.06. The minimum Gasteiger partial charge on any atom is -0.492 e. The van der Waals surface area contributed by atoms with Gasteiger partial charge in [0.15, 0.2) is 0 Å². The molecule has 0 bridgehead atoms. The summed E-state index contributed by atoms with van der Waals surface area (Å²) in [6.45, 7) is 4.94. The van der Waals surface area contributed by atoms with Gasteiger partial charge in [-0.1, -0.05) is 37.0 Å². The van der Waals surface area contributed by atoms with Crippen LogP contribution >= 0.6 is 34.8 Å². The van der Waals surface area contributed by atoms with Crippen molar-refractivity contribution < 1.29 is 4.74 Å². The lowest BCUT2D eigenvalue weighted by atomic mass is 10.1. The molecule has 4 heteroatoms. The standard InChI is InChI=1S/C12H15Cl3O/c1-8(2)3-4-16-12-9(7-13)5-10(14)6-11(12)15/h5-6,8H,3-4,7H2,1-2H3. The monoisotopic (exact) mass is 280 g/mol. The Hall–Kier alpha value is -0.110. The highest BCUT2D eigenvalue weighted by Gasteiger charge is 2.10. The molecule has 0 saturated carbocycles. The Morgan fingerprint density at radius 3 is 2.50 bits per heavy atom. The van der Waals surface area contributed by atoms with E-state index >= 15 is 0 Å². The summed E-state index contributed by atoms with van der Waals surface area (Å²) >= 11 is 17.8. The van der Waals surface area contributed by atoms with Gasteiger partial charge in [-0.3, -0.25) is 0 Å². The van der Waals surface area contributed by atoms with E-state index in [1.54, 1.807) is 12.1 Å². The molecule has 90 valence electrons. The van der Waals surface area contributed by atoms with E-state index in [0.717, 1.165) is 12.0 Å². The Balaban J connectivity index is 2.77. The molecule has 0 unspecified atom stereocenters. The zero-order valence-electron chi connectivity index (χ0n) is 9.40. The number of halogens is 3. The topological polar surface area (TPSA) is 9.23 Å². The molecule has 0 heterocycles. The smallest absolute Gasteiger partial charge is 0.142 e. The van der Waals surface area contributed by atoms with Crippen LogP contribution in [0, 0.1) is 5.92 Å². The molecule has 0 aromatic heterocycles. The predicted molar refractivity (Wildman–Crippen MR) is 71.0 cm³/mol. The first-order valence-electron chi connectivity index (χ1n) is 5.21. The van der Waals surface area contributed by atoms with Crippen LogP contribution in [0.2, 0.25) is 10.0 Å². The molecule has 0 spiro atoms. The van der Waals surface area contributed by atoms with Gasteiger partial charge in [-0.25, -0.2) is 0 Å².